The van der Waals surface area contributed by atoms with E-state index >= 15 is 0 Å². The highest BCUT2D eigenvalue weighted by molar-refractivity contribution is 7.89. The van der Waals surface area contributed by atoms with Gasteiger partial charge in [-0.1, -0.05) is 68.5 Å². The SMILES string of the molecule is CC(C)C(/C=C/c1ccccc1)=N\NS(=O)(=O)c1ccccc1. The lowest BCUT2D eigenvalue weighted by atomic mass is 10.1. The minimum Gasteiger partial charge on any atom is -0.200 e. The Morgan fingerprint density at radius 3 is 2.13 bits per heavy atom. The van der Waals surface area contributed by atoms with Crippen molar-refractivity contribution in [2.75, 3.05) is 0 Å². The predicted octanol–water partition coefficient (Wildman–Crippen LogP) is 3.69. The fourth-order valence-corrected chi connectivity index (χ4v) is 2.72. The average Bonchev–Trinajstić information content (AvgIpc) is 2.56. The first kappa shape index (κ1) is 17.0. The average molecular weight is 328 g/mol. The molecule has 0 bridgehead atoms. The first-order valence-corrected chi connectivity index (χ1v) is 8.85. The number of hydrogen-bond acceptors (Lipinski definition) is 3. The van der Waals surface area contributed by atoms with Crippen molar-refractivity contribution >= 4 is 21.8 Å². The van der Waals surface area contributed by atoms with E-state index in [4.69, 9.17) is 0 Å². The van der Waals surface area contributed by atoms with Gasteiger partial charge in [-0.15, -0.1) is 0 Å². The highest BCUT2D eigenvalue weighted by Gasteiger charge is 2.12. The zero-order valence-corrected chi connectivity index (χ0v) is 14.0. The zero-order chi connectivity index (χ0) is 16.7. The predicted molar refractivity (Wildman–Crippen MR) is 94.5 cm³/mol. The van der Waals surface area contributed by atoms with E-state index in [0.717, 1.165) is 5.56 Å². The molecule has 2 aromatic carbocycles. The molecule has 23 heavy (non-hydrogen) atoms. The molecule has 0 atom stereocenters. The van der Waals surface area contributed by atoms with Gasteiger partial charge in [-0.3, -0.25) is 0 Å². The van der Waals surface area contributed by atoms with Gasteiger partial charge >= 0.3 is 0 Å². The molecule has 4 nitrogen and oxygen atoms in total. The zero-order valence-electron chi connectivity index (χ0n) is 13.2. The Hall–Kier alpha value is -2.40. The summed E-state index contributed by atoms with van der Waals surface area (Å²) in [7, 11) is -3.64. The molecule has 0 saturated heterocycles. The van der Waals surface area contributed by atoms with Crippen LogP contribution in [0.3, 0.4) is 0 Å². The topological polar surface area (TPSA) is 58.5 Å². The molecule has 0 unspecified atom stereocenters. The van der Waals surface area contributed by atoms with Crippen LogP contribution in [-0.4, -0.2) is 14.1 Å². The molecule has 2 aromatic rings. The third-order valence-electron chi connectivity index (χ3n) is 3.19. The third kappa shape index (κ3) is 5.07. The van der Waals surface area contributed by atoms with Crippen molar-refractivity contribution in [3.8, 4) is 0 Å². The Bertz CT molecular complexity index is 780. The number of allylic oxidation sites excluding steroid dienone is 1. The fourth-order valence-electron chi connectivity index (χ4n) is 1.87. The van der Waals surface area contributed by atoms with Gasteiger partial charge in [-0.25, -0.2) is 0 Å². The summed E-state index contributed by atoms with van der Waals surface area (Å²) < 4.78 is 24.4. The van der Waals surface area contributed by atoms with Crippen LogP contribution in [-0.2, 0) is 10.0 Å². The molecule has 0 aromatic heterocycles. The van der Waals surface area contributed by atoms with Crippen molar-refractivity contribution in [3.63, 3.8) is 0 Å². The van der Waals surface area contributed by atoms with Crippen LogP contribution in [0.15, 0.2) is 76.7 Å². The van der Waals surface area contributed by atoms with Crippen molar-refractivity contribution in [2.45, 2.75) is 18.7 Å². The first-order chi connectivity index (χ1) is 11.0. The van der Waals surface area contributed by atoms with Crippen LogP contribution in [0.2, 0.25) is 0 Å². The molecule has 1 N–H and O–H groups in total. The maximum atomic E-state index is 12.2. The molecular weight excluding hydrogens is 308 g/mol. The summed E-state index contributed by atoms with van der Waals surface area (Å²) in [6.07, 6.45) is 3.74. The maximum absolute atomic E-state index is 12.2. The van der Waals surface area contributed by atoms with Gasteiger partial charge in [0.15, 0.2) is 0 Å². The Morgan fingerprint density at radius 2 is 1.57 bits per heavy atom. The number of nitrogens with one attached hydrogen (secondary N) is 1. The van der Waals surface area contributed by atoms with Crippen LogP contribution >= 0.6 is 0 Å². The largest absolute Gasteiger partial charge is 0.276 e. The molecule has 0 radical (unpaired) electrons. The second kappa shape index (κ2) is 7.74. The molecule has 120 valence electrons. The lowest BCUT2D eigenvalue weighted by Crippen LogP contribution is -2.21. The van der Waals surface area contributed by atoms with Crippen molar-refractivity contribution in [1.82, 2.24) is 4.83 Å². The van der Waals surface area contributed by atoms with Gasteiger partial charge in [-0.05, 0) is 29.7 Å². The number of nitrogens with zero attached hydrogens (tertiary/aromatic N) is 1. The summed E-state index contributed by atoms with van der Waals surface area (Å²) in [5.74, 6) is 0.0911. The summed E-state index contributed by atoms with van der Waals surface area (Å²) in [6.45, 7) is 3.93. The standard InChI is InChI=1S/C18H20N2O2S/c1-15(2)18(14-13-16-9-5-3-6-10-16)19-20-23(21,22)17-11-7-4-8-12-17/h3-15,20H,1-2H3/b14-13+,19-18-. The molecule has 2 rings (SSSR count). The van der Waals surface area contributed by atoms with Crippen molar-refractivity contribution in [2.24, 2.45) is 11.0 Å². The number of hydrazone groups is 1. The minimum atomic E-state index is -3.64. The summed E-state index contributed by atoms with van der Waals surface area (Å²) in [5, 5.41) is 4.08. The molecular formula is C18H20N2O2S. The van der Waals surface area contributed by atoms with Gasteiger partial charge < -0.3 is 0 Å². The van der Waals surface area contributed by atoms with E-state index in [2.05, 4.69) is 9.93 Å². The lowest BCUT2D eigenvalue weighted by Gasteiger charge is -2.08. The summed E-state index contributed by atoms with van der Waals surface area (Å²) >= 11 is 0. The second-order valence-corrected chi connectivity index (χ2v) is 7.00. The van der Waals surface area contributed by atoms with Crippen LogP contribution in [0.25, 0.3) is 6.08 Å². The van der Waals surface area contributed by atoms with Crippen molar-refractivity contribution < 1.29 is 8.42 Å². The van der Waals surface area contributed by atoms with Gasteiger partial charge in [0.05, 0.1) is 10.6 Å². The Kier molecular flexibility index (Phi) is 5.71. The van der Waals surface area contributed by atoms with Gasteiger partial charge in [0.2, 0.25) is 0 Å². The molecule has 0 saturated carbocycles. The number of sulfonamides is 1. The van der Waals surface area contributed by atoms with Gasteiger partial charge in [0.25, 0.3) is 10.0 Å². The molecule has 5 heteroatoms. The van der Waals surface area contributed by atoms with Crippen LogP contribution in [0.5, 0.6) is 0 Å². The van der Waals surface area contributed by atoms with Crippen LogP contribution < -0.4 is 4.83 Å². The van der Waals surface area contributed by atoms with Gasteiger partial charge in [0.1, 0.15) is 0 Å². The monoisotopic (exact) mass is 328 g/mol. The third-order valence-corrected chi connectivity index (χ3v) is 4.41. The quantitative estimate of drug-likeness (QED) is 0.649. The Morgan fingerprint density at radius 1 is 1.00 bits per heavy atom. The molecule has 0 aliphatic heterocycles. The van der Waals surface area contributed by atoms with Gasteiger partial charge in [-0.2, -0.15) is 18.4 Å². The highest BCUT2D eigenvalue weighted by Crippen LogP contribution is 2.09. The van der Waals surface area contributed by atoms with E-state index in [0.29, 0.717) is 5.71 Å². The number of hydrogen-bond donors (Lipinski definition) is 1. The van der Waals surface area contributed by atoms with E-state index in [9.17, 15) is 8.42 Å². The summed E-state index contributed by atoms with van der Waals surface area (Å²) in [4.78, 5) is 2.50. The first-order valence-electron chi connectivity index (χ1n) is 7.36. The molecule has 0 aliphatic carbocycles. The number of benzene rings is 2. The molecule has 0 fully saturated rings. The highest BCUT2D eigenvalue weighted by atomic mass is 32.2. The fraction of sp³-hybridized carbons (Fsp3) is 0.167. The molecule has 0 heterocycles. The van der Waals surface area contributed by atoms with E-state index in [1.807, 2.05) is 56.3 Å². The summed E-state index contributed by atoms with van der Waals surface area (Å²) in [6, 6.07) is 18.0. The van der Waals surface area contributed by atoms with Gasteiger partial charge in [0, 0.05) is 0 Å². The summed E-state index contributed by atoms with van der Waals surface area (Å²) in [5.41, 5.74) is 1.69. The number of rotatable bonds is 6. The van der Waals surface area contributed by atoms with E-state index in [-0.39, 0.29) is 10.8 Å². The van der Waals surface area contributed by atoms with Crippen molar-refractivity contribution in [3.05, 3.63) is 72.3 Å². The smallest absolute Gasteiger partial charge is 0.200 e. The molecule has 0 aliphatic rings. The normalized spacial score (nSPS) is 12.7. The molecule has 0 amide bonds. The van der Waals surface area contributed by atoms with Crippen molar-refractivity contribution in [1.29, 1.82) is 0 Å². The Balaban J connectivity index is 2.18. The Labute approximate surface area is 137 Å². The molecule has 0 spiro atoms. The maximum Gasteiger partial charge on any atom is 0.276 e. The van der Waals surface area contributed by atoms with Crippen LogP contribution in [0, 0.1) is 5.92 Å². The van der Waals surface area contributed by atoms with E-state index in [1.165, 1.54) is 12.1 Å². The lowest BCUT2D eigenvalue weighted by molar-refractivity contribution is 0.584. The second-order valence-electron chi connectivity index (χ2n) is 5.34. The van der Waals surface area contributed by atoms with Crippen LogP contribution in [0.1, 0.15) is 19.4 Å². The van der Waals surface area contributed by atoms with E-state index in [1.54, 1.807) is 18.2 Å². The van der Waals surface area contributed by atoms with Crippen LogP contribution in [0.4, 0.5) is 0 Å². The minimum absolute atomic E-state index is 0.0911. The van der Waals surface area contributed by atoms with E-state index < -0.39 is 10.0 Å².